The molecule has 8 heteroatoms. The molecule has 1 aromatic carbocycles. The average molecular weight is 406 g/mol. The van der Waals surface area contributed by atoms with Gasteiger partial charge in [-0.25, -0.2) is 4.79 Å². The van der Waals surface area contributed by atoms with Gasteiger partial charge in [0.1, 0.15) is 11.4 Å². The number of likely N-dealkylation sites (tertiary alicyclic amines) is 1. The number of esters is 1. The number of rotatable bonds is 5. The fraction of sp³-hybridized carbons (Fsp3) is 0.550. The SMILES string of the molecule is COC(=O)C1(C=O)N(Cc2ccc(OC)cc2)C(=O)[C@@H]2CC[Si](C)(C)O[C@@]21C. The molecule has 0 spiro atoms. The first-order valence-electron chi connectivity index (χ1n) is 9.34. The van der Waals surface area contributed by atoms with Crippen molar-refractivity contribution in [1.29, 1.82) is 0 Å². The number of methoxy groups -OCH3 is 2. The van der Waals surface area contributed by atoms with Crippen LogP contribution in [0.3, 0.4) is 0 Å². The van der Waals surface area contributed by atoms with Crippen LogP contribution in [-0.4, -0.2) is 56.7 Å². The summed E-state index contributed by atoms with van der Waals surface area (Å²) in [6.07, 6.45) is 1.14. The molecule has 2 aliphatic heterocycles. The standard InChI is InChI=1S/C20H27NO6Si/c1-19-16(10-11-28(4,5)27-19)17(23)21(20(19,13-22)18(24)26-3)12-14-6-8-15(25-2)9-7-14/h6-9,13,16H,10-12H2,1-5H3/t16-,19-,20?/m0/s1. The van der Waals surface area contributed by atoms with E-state index in [1.165, 1.54) is 12.0 Å². The van der Waals surface area contributed by atoms with Crippen molar-refractivity contribution in [3.63, 3.8) is 0 Å². The van der Waals surface area contributed by atoms with Crippen LogP contribution in [0.5, 0.6) is 5.75 Å². The summed E-state index contributed by atoms with van der Waals surface area (Å²) in [7, 11) is 0.661. The van der Waals surface area contributed by atoms with Gasteiger partial charge < -0.3 is 18.8 Å². The average Bonchev–Trinajstić information content (AvgIpc) is 2.84. The summed E-state index contributed by atoms with van der Waals surface area (Å²) >= 11 is 0. The van der Waals surface area contributed by atoms with Crippen molar-refractivity contribution in [3.8, 4) is 5.75 Å². The maximum absolute atomic E-state index is 13.3. The van der Waals surface area contributed by atoms with Crippen LogP contribution in [0, 0.1) is 5.92 Å². The number of carbonyl (C=O) groups is 3. The molecule has 0 bridgehead atoms. The van der Waals surface area contributed by atoms with Crippen molar-refractivity contribution in [2.45, 2.75) is 50.2 Å². The predicted molar refractivity (Wildman–Crippen MR) is 104 cm³/mol. The lowest BCUT2D eigenvalue weighted by Gasteiger charge is -2.49. The second kappa shape index (κ2) is 7.00. The van der Waals surface area contributed by atoms with Crippen LogP contribution in [0.25, 0.3) is 0 Å². The van der Waals surface area contributed by atoms with Gasteiger partial charge in [-0.05, 0) is 50.2 Å². The van der Waals surface area contributed by atoms with Crippen LogP contribution in [0.15, 0.2) is 24.3 Å². The first kappa shape index (κ1) is 20.5. The van der Waals surface area contributed by atoms with Gasteiger partial charge in [0.05, 0.1) is 20.1 Å². The topological polar surface area (TPSA) is 82.1 Å². The third-order valence-corrected chi connectivity index (χ3v) is 8.57. The minimum absolute atomic E-state index is 0.105. The number of nitrogens with zero attached hydrogens (tertiary/aromatic N) is 1. The first-order chi connectivity index (χ1) is 13.1. The van der Waals surface area contributed by atoms with Gasteiger partial charge in [0.2, 0.25) is 11.4 Å². The van der Waals surface area contributed by atoms with Crippen LogP contribution in [-0.2, 0) is 30.1 Å². The Kier molecular flexibility index (Phi) is 5.14. The van der Waals surface area contributed by atoms with E-state index >= 15 is 0 Å². The Bertz CT molecular complexity index is 794. The summed E-state index contributed by atoms with van der Waals surface area (Å²) in [6.45, 7) is 5.90. The summed E-state index contributed by atoms with van der Waals surface area (Å²) in [4.78, 5) is 40.1. The van der Waals surface area contributed by atoms with E-state index in [1.54, 1.807) is 26.2 Å². The van der Waals surface area contributed by atoms with Crippen molar-refractivity contribution in [2.75, 3.05) is 14.2 Å². The Morgan fingerprint density at radius 2 is 1.96 bits per heavy atom. The first-order valence-corrected chi connectivity index (χ1v) is 12.5. The van der Waals surface area contributed by atoms with E-state index in [9.17, 15) is 14.4 Å². The van der Waals surface area contributed by atoms with Crippen LogP contribution in [0.1, 0.15) is 18.9 Å². The summed E-state index contributed by atoms with van der Waals surface area (Å²) in [6, 6.07) is 7.97. The molecular weight excluding hydrogens is 378 g/mol. The highest BCUT2D eigenvalue weighted by molar-refractivity contribution is 6.71. The molecular formula is C20H27NO6Si. The summed E-state index contributed by atoms with van der Waals surface area (Å²) < 4.78 is 16.6. The number of benzene rings is 1. The second-order valence-corrected chi connectivity index (χ2v) is 12.4. The Balaban J connectivity index is 2.09. The highest BCUT2D eigenvalue weighted by atomic mass is 28.4. The molecule has 0 radical (unpaired) electrons. The number of hydrogen-bond donors (Lipinski definition) is 0. The van der Waals surface area contributed by atoms with Gasteiger partial charge in [0.15, 0.2) is 14.6 Å². The van der Waals surface area contributed by atoms with E-state index in [0.29, 0.717) is 18.5 Å². The maximum atomic E-state index is 13.3. The van der Waals surface area contributed by atoms with E-state index in [-0.39, 0.29) is 12.5 Å². The van der Waals surface area contributed by atoms with Gasteiger partial charge in [-0.3, -0.25) is 9.59 Å². The van der Waals surface area contributed by atoms with E-state index in [2.05, 4.69) is 0 Å². The van der Waals surface area contributed by atoms with Gasteiger partial charge in [-0.2, -0.15) is 0 Å². The lowest BCUT2D eigenvalue weighted by Crippen LogP contribution is -2.69. The van der Waals surface area contributed by atoms with Crippen molar-refractivity contribution in [2.24, 2.45) is 5.92 Å². The fourth-order valence-electron chi connectivity index (χ4n) is 4.61. The summed E-state index contributed by atoms with van der Waals surface area (Å²) in [5.74, 6) is -0.889. The zero-order valence-electron chi connectivity index (χ0n) is 17.0. The van der Waals surface area contributed by atoms with Crippen LogP contribution < -0.4 is 4.74 Å². The van der Waals surface area contributed by atoms with E-state index in [1.807, 2.05) is 25.2 Å². The summed E-state index contributed by atoms with van der Waals surface area (Å²) in [5, 5.41) is 0. The number of carbonyl (C=O) groups excluding carboxylic acids is 3. The smallest absolute Gasteiger partial charge is 0.342 e. The molecule has 0 aliphatic carbocycles. The lowest BCUT2D eigenvalue weighted by atomic mass is 9.76. The number of aldehydes is 1. The Hall–Kier alpha value is -2.19. The fourth-order valence-corrected chi connectivity index (χ4v) is 7.14. The molecule has 0 aromatic heterocycles. The van der Waals surface area contributed by atoms with E-state index in [0.717, 1.165) is 11.6 Å². The largest absolute Gasteiger partial charge is 0.497 e. The molecule has 152 valence electrons. The number of fused-ring (bicyclic) bond motifs is 1. The van der Waals surface area contributed by atoms with Gasteiger partial charge in [0.25, 0.3) is 0 Å². The van der Waals surface area contributed by atoms with E-state index in [4.69, 9.17) is 13.9 Å². The minimum Gasteiger partial charge on any atom is -0.497 e. The van der Waals surface area contributed by atoms with Crippen molar-refractivity contribution >= 4 is 26.5 Å². The molecule has 7 nitrogen and oxygen atoms in total. The highest BCUT2D eigenvalue weighted by Gasteiger charge is 2.73. The Morgan fingerprint density at radius 1 is 1.32 bits per heavy atom. The molecule has 1 unspecified atom stereocenters. The number of hydrogen-bond acceptors (Lipinski definition) is 6. The normalized spacial score (nSPS) is 31.2. The highest BCUT2D eigenvalue weighted by Crippen LogP contribution is 2.52. The zero-order chi connectivity index (χ0) is 20.7. The summed E-state index contributed by atoms with van der Waals surface area (Å²) in [5.41, 5.74) is -2.28. The monoisotopic (exact) mass is 405 g/mol. The molecule has 2 heterocycles. The molecule has 2 fully saturated rings. The molecule has 1 amide bonds. The quantitative estimate of drug-likeness (QED) is 0.323. The predicted octanol–water partition coefficient (Wildman–Crippen LogP) is 2.15. The van der Waals surface area contributed by atoms with Crippen molar-refractivity contribution < 1.29 is 28.3 Å². The molecule has 1 aromatic rings. The maximum Gasteiger partial charge on any atom is 0.342 e. The number of amides is 1. The third kappa shape index (κ3) is 2.86. The third-order valence-electron chi connectivity index (χ3n) is 6.10. The van der Waals surface area contributed by atoms with Crippen LogP contribution in [0.4, 0.5) is 0 Å². The van der Waals surface area contributed by atoms with Crippen LogP contribution >= 0.6 is 0 Å². The number of ether oxygens (including phenoxy) is 2. The van der Waals surface area contributed by atoms with Gasteiger partial charge in [0, 0.05) is 6.54 Å². The molecule has 3 rings (SSSR count). The zero-order valence-corrected chi connectivity index (χ0v) is 18.0. The molecule has 2 aliphatic rings. The van der Waals surface area contributed by atoms with E-state index < -0.39 is 31.3 Å². The van der Waals surface area contributed by atoms with Crippen molar-refractivity contribution in [1.82, 2.24) is 4.90 Å². The van der Waals surface area contributed by atoms with Gasteiger partial charge in [-0.15, -0.1) is 0 Å². The van der Waals surface area contributed by atoms with Crippen LogP contribution in [0.2, 0.25) is 19.1 Å². The lowest BCUT2D eigenvalue weighted by molar-refractivity contribution is -0.170. The van der Waals surface area contributed by atoms with Crippen molar-refractivity contribution in [3.05, 3.63) is 29.8 Å². The van der Waals surface area contributed by atoms with Gasteiger partial charge in [-0.1, -0.05) is 12.1 Å². The molecule has 0 N–H and O–H groups in total. The molecule has 3 atom stereocenters. The second-order valence-electron chi connectivity index (χ2n) is 8.21. The molecule has 28 heavy (non-hydrogen) atoms. The Labute approximate surface area is 166 Å². The Morgan fingerprint density at radius 3 is 2.50 bits per heavy atom. The molecule has 0 saturated carbocycles. The molecule has 2 saturated heterocycles. The van der Waals surface area contributed by atoms with Gasteiger partial charge >= 0.3 is 5.97 Å². The minimum atomic E-state index is -2.14.